The van der Waals surface area contributed by atoms with Crippen LogP contribution in [0.1, 0.15) is 17.4 Å². The molecule has 0 aliphatic rings. The van der Waals surface area contributed by atoms with Gasteiger partial charge in [0.05, 0.1) is 32.6 Å². The zero-order chi connectivity index (χ0) is 13.2. The highest BCUT2D eigenvalue weighted by Gasteiger charge is 2.04. The molecule has 1 rings (SSSR count). The van der Waals surface area contributed by atoms with Gasteiger partial charge in [-0.2, -0.15) is 0 Å². The Bertz CT molecular complexity index is 357. The normalized spacial score (nSPS) is 10.6. The molecule has 0 atom stereocenters. The van der Waals surface area contributed by atoms with Crippen LogP contribution in [0.3, 0.4) is 0 Å². The van der Waals surface area contributed by atoms with Gasteiger partial charge in [-0.15, -0.1) is 5.10 Å². The summed E-state index contributed by atoms with van der Waals surface area (Å²) in [6.45, 7) is 6.50. The Morgan fingerprint density at radius 2 is 2.06 bits per heavy atom. The monoisotopic (exact) mass is 252 g/mol. The van der Waals surface area contributed by atoms with Gasteiger partial charge in [0.15, 0.2) is 5.78 Å². The molecule has 0 spiro atoms. The zero-order valence-electron chi connectivity index (χ0n) is 11.0. The maximum atomic E-state index is 11.0. The Morgan fingerprint density at radius 3 is 2.67 bits per heavy atom. The summed E-state index contributed by atoms with van der Waals surface area (Å²) < 4.78 is 12.3. The molecule has 99 valence electrons. The highest BCUT2D eigenvalue weighted by atomic mass is 16.5. The Labute approximate surface area is 108 Å². The second kappa shape index (κ2) is 8.82. The highest BCUT2D eigenvalue weighted by Crippen LogP contribution is 1.94. The van der Waals surface area contributed by atoms with Crippen molar-refractivity contribution >= 4 is 13.1 Å². The minimum Gasteiger partial charge on any atom is -0.380 e. The van der Waals surface area contributed by atoms with Gasteiger partial charge < -0.3 is 9.47 Å². The second-order valence-electron chi connectivity index (χ2n) is 3.84. The third-order valence-electron chi connectivity index (χ3n) is 2.29. The van der Waals surface area contributed by atoms with E-state index in [4.69, 9.17) is 9.47 Å². The van der Waals surface area contributed by atoms with E-state index in [1.54, 1.807) is 10.9 Å². The molecule has 0 aliphatic carbocycles. The first-order valence-electron chi connectivity index (χ1n) is 6.08. The summed E-state index contributed by atoms with van der Waals surface area (Å²) in [5, 5.41) is 7.57. The number of carbonyl (C=O) groups is 1. The van der Waals surface area contributed by atoms with Crippen LogP contribution in [-0.4, -0.2) is 54.5 Å². The Morgan fingerprint density at radius 1 is 1.33 bits per heavy atom. The van der Waals surface area contributed by atoms with E-state index in [-0.39, 0.29) is 5.78 Å². The van der Waals surface area contributed by atoms with Crippen molar-refractivity contribution in [3.63, 3.8) is 0 Å². The molecule has 1 aromatic rings. The van der Waals surface area contributed by atoms with Gasteiger partial charge in [-0.3, -0.25) is 4.79 Å². The van der Waals surface area contributed by atoms with Gasteiger partial charge >= 0.3 is 0 Å². The summed E-state index contributed by atoms with van der Waals surface area (Å²) in [6, 6.07) is 0. The molecule has 0 fully saturated rings. The standard InChI is InChI=1S/C11H19BN3O3/c1-10(16)11-9-15(14-13-11)4-6-18-8-7-17-5-3-12-2/h9H,3-8H2,1-2H3. The lowest BCUT2D eigenvalue weighted by Crippen LogP contribution is -2.11. The van der Waals surface area contributed by atoms with Gasteiger partial charge in [-0.05, 0) is 0 Å². The lowest BCUT2D eigenvalue weighted by Gasteiger charge is -2.04. The molecular formula is C11H19BN3O3. The third-order valence-corrected chi connectivity index (χ3v) is 2.29. The van der Waals surface area contributed by atoms with Crippen LogP contribution in [0, 0.1) is 0 Å². The van der Waals surface area contributed by atoms with Crippen molar-refractivity contribution in [1.82, 2.24) is 15.0 Å². The summed E-state index contributed by atoms with van der Waals surface area (Å²) in [7, 11) is 2.07. The first kappa shape index (κ1) is 14.9. The maximum Gasteiger partial charge on any atom is 0.181 e. The largest absolute Gasteiger partial charge is 0.380 e. The van der Waals surface area contributed by atoms with E-state index in [9.17, 15) is 4.79 Å². The average molecular weight is 252 g/mol. The molecule has 0 aromatic carbocycles. The quantitative estimate of drug-likeness (QED) is 0.348. The molecule has 1 heterocycles. The topological polar surface area (TPSA) is 66.2 Å². The van der Waals surface area contributed by atoms with Crippen molar-refractivity contribution in [3.8, 4) is 0 Å². The van der Waals surface area contributed by atoms with E-state index in [1.165, 1.54) is 6.92 Å². The molecule has 0 saturated heterocycles. The minimum atomic E-state index is -0.0803. The first-order valence-corrected chi connectivity index (χ1v) is 6.08. The molecule has 1 aromatic heterocycles. The van der Waals surface area contributed by atoms with Crippen LogP contribution >= 0.6 is 0 Å². The summed E-state index contributed by atoms with van der Waals surface area (Å²) in [5.41, 5.74) is 0.383. The number of aromatic nitrogens is 3. The van der Waals surface area contributed by atoms with Crippen LogP contribution in [0.4, 0.5) is 0 Å². The van der Waals surface area contributed by atoms with Gasteiger partial charge in [-0.1, -0.05) is 18.4 Å². The molecular weight excluding hydrogens is 233 g/mol. The van der Waals surface area contributed by atoms with E-state index in [1.807, 2.05) is 6.82 Å². The van der Waals surface area contributed by atoms with Crippen molar-refractivity contribution in [3.05, 3.63) is 11.9 Å². The summed E-state index contributed by atoms with van der Waals surface area (Å²) >= 11 is 0. The Hall–Kier alpha value is -1.21. The lowest BCUT2D eigenvalue weighted by molar-refractivity contribution is 0.0486. The van der Waals surface area contributed by atoms with Crippen molar-refractivity contribution in [2.75, 3.05) is 26.4 Å². The molecule has 6 nitrogen and oxygen atoms in total. The van der Waals surface area contributed by atoms with Crippen LogP contribution in [-0.2, 0) is 16.0 Å². The van der Waals surface area contributed by atoms with Crippen molar-refractivity contribution in [2.45, 2.75) is 26.6 Å². The van der Waals surface area contributed by atoms with Gasteiger partial charge in [0.1, 0.15) is 13.0 Å². The first-order chi connectivity index (χ1) is 8.74. The number of ether oxygens (including phenoxy) is 2. The van der Waals surface area contributed by atoms with Crippen molar-refractivity contribution in [1.29, 1.82) is 0 Å². The maximum absolute atomic E-state index is 11.0. The van der Waals surface area contributed by atoms with Gasteiger partial charge in [0.25, 0.3) is 0 Å². The molecule has 1 radical (unpaired) electrons. The van der Waals surface area contributed by atoms with Crippen LogP contribution in [0.5, 0.6) is 0 Å². The van der Waals surface area contributed by atoms with Crippen molar-refractivity contribution in [2.24, 2.45) is 0 Å². The Balaban J connectivity index is 2.02. The van der Waals surface area contributed by atoms with E-state index in [0.29, 0.717) is 32.1 Å². The molecule has 18 heavy (non-hydrogen) atoms. The molecule has 0 bridgehead atoms. The van der Waals surface area contributed by atoms with Crippen LogP contribution in [0.2, 0.25) is 13.1 Å². The third kappa shape index (κ3) is 5.93. The average Bonchev–Trinajstić information content (AvgIpc) is 2.81. The molecule has 0 aliphatic heterocycles. The van der Waals surface area contributed by atoms with Gasteiger partial charge in [0.2, 0.25) is 0 Å². The Kier molecular flexibility index (Phi) is 7.28. The predicted molar refractivity (Wildman–Crippen MR) is 68.1 cm³/mol. The fourth-order valence-electron chi connectivity index (χ4n) is 1.25. The predicted octanol–water partition coefficient (Wildman–Crippen LogP) is 0.684. The second-order valence-corrected chi connectivity index (χ2v) is 3.84. The molecule has 0 unspecified atom stereocenters. The molecule has 7 heteroatoms. The molecule has 0 N–H and O–H groups in total. The van der Waals surface area contributed by atoms with Crippen molar-refractivity contribution < 1.29 is 14.3 Å². The fourth-order valence-corrected chi connectivity index (χ4v) is 1.25. The highest BCUT2D eigenvalue weighted by molar-refractivity contribution is 6.33. The molecule has 0 amide bonds. The number of nitrogens with zero attached hydrogens (tertiary/aromatic N) is 3. The fraction of sp³-hybridized carbons (Fsp3) is 0.727. The minimum absolute atomic E-state index is 0.0803. The molecule has 0 saturated carbocycles. The number of hydrogen-bond donors (Lipinski definition) is 0. The van der Waals surface area contributed by atoms with Crippen LogP contribution < -0.4 is 0 Å². The zero-order valence-corrected chi connectivity index (χ0v) is 11.0. The van der Waals surface area contributed by atoms with E-state index < -0.39 is 0 Å². The van der Waals surface area contributed by atoms with E-state index in [0.717, 1.165) is 12.9 Å². The number of Topliss-reactive ketones (excluding diaryl/α,β-unsaturated/α-hetero) is 1. The van der Waals surface area contributed by atoms with Gasteiger partial charge in [-0.25, -0.2) is 4.68 Å². The number of rotatable bonds is 10. The van der Waals surface area contributed by atoms with Crippen LogP contribution in [0.25, 0.3) is 0 Å². The number of ketones is 1. The number of hydrogen-bond acceptors (Lipinski definition) is 5. The van der Waals surface area contributed by atoms with Crippen LogP contribution in [0.15, 0.2) is 6.20 Å². The summed E-state index contributed by atoms with van der Waals surface area (Å²) in [4.78, 5) is 11.0. The SMILES string of the molecule is C[B]CCOCCOCCn1cc(C(C)=O)nn1. The van der Waals surface area contributed by atoms with E-state index in [2.05, 4.69) is 17.6 Å². The number of carbonyl (C=O) groups excluding carboxylic acids is 1. The van der Waals surface area contributed by atoms with Gasteiger partial charge in [0, 0.05) is 13.5 Å². The van der Waals surface area contributed by atoms with E-state index >= 15 is 0 Å². The summed E-state index contributed by atoms with van der Waals surface area (Å²) in [5.74, 6) is -0.0803. The lowest BCUT2D eigenvalue weighted by atomic mass is 9.79. The summed E-state index contributed by atoms with van der Waals surface area (Å²) in [6.07, 6.45) is 2.59. The smallest absolute Gasteiger partial charge is 0.181 e.